The van der Waals surface area contributed by atoms with Gasteiger partial charge in [-0.15, -0.1) is 0 Å². The Morgan fingerprint density at radius 3 is 1.53 bits per heavy atom. The first kappa shape index (κ1) is 31.1. The highest BCUT2D eigenvalue weighted by molar-refractivity contribution is 5.68. The molecule has 6 nitrogen and oxygen atoms in total. The van der Waals surface area contributed by atoms with Gasteiger partial charge in [-0.1, -0.05) is 104 Å². The summed E-state index contributed by atoms with van der Waals surface area (Å²) in [7, 11) is 0. The van der Waals surface area contributed by atoms with Crippen LogP contribution in [-0.2, 0) is 9.68 Å². The topological polar surface area (TPSA) is 107 Å². The molecule has 4 N–H and O–H groups in total. The molecule has 0 radical (unpaired) electrons. The van der Waals surface area contributed by atoms with Crippen LogP contribution in [0.2, 0.25) is 0 Å². The molecule has 1 atom stereocenters. The van der Waals surface area contributed by atoms with Crippen molar-refractivity contribution in [2.75, 3.05) is 6.61 Å². The Morgan fingerprint density at radius 1 is 0.800 bits per heavy atom. The first-order chi connectivity index (χ1) is 14.5. The van der Waals surface area contributed by atoms with Crippen LogP contribution < -0.4 is 0 Å². The maximum Gasteiger partial charge on any atom is 0.342 e. The van der Waals surface area contributed by atoms with Gasteiger partial charge in [-0.2, -0.15) is 5.26 Å². The van der Waals surface area contributed by atoms with E-state index in [0.717, 1.165) is 12.8 Å². The van der Waals surface area contributed by atoms with Crippen LogP contribution in [0.25, 0.3) is 0 Å². The Kier molecular flexibility index (Phi) is 26.9. The van der Waals surface area contributed by atoms with Crippen molar-refractivity contribution in [2.45, 2.75) is 129 Å². The SMILES string of the molecule is CCC=C(O)C(O)CO.CCCCCCCCCCCCCCCCCC(=O)OO. The molecule has 30 heavy (non-hydrogen) atoms. The number of aliphatic hydroxyl groups is 3. The van der Waals surface area contributed by atoms with E-state index >= 15 is 0 Å². The van der Waals surface area contributed by atoms with E-state index in [4.69, 9.17) is 20.6 Å². The average molecular weight is 433 g/mol. The molecule has 6 heteroatoms. The van der Waals surface area contributed by atoms with Crippen molar-refractivity contribution in [1.29, 1.82) is 0 Å². The van der Waals surface area contributed by atoms with Crippen LogP contribution in [0.5, 0.6) is 0 Å². The van der Waals surface area contributed by atoms with Gasteiger partial charge >= 0.3 is 5.97 Å². The monoisotopic (exact) mass is 432 g/mol. The Balaban J connectivity index is 0. The standard InChI is InChI=1S/C18H36O3.C6H12O3/c1-2-3-4-5-6-7-8-9-10-11-12-13-14-15-16-17-18(19)21-20;1-2-3-5(8)6(9)4-7/h20H,2-17H2,1H3;3,6-9H,2,4H2,1H3. The van der Waals surface area contributed by atoms with Gasteiger partial charge in [0.2, 0.25) is 0 Å². The fourth-order valence-corrected chi connectivity index (χ4v) is 3.13. The second-order valence-corrected chi connectivity index (χ2v) is 7.90. The third kappa shape index (κ3) is 24.9. The molecule has 180 valence electrons. The fourth-order valence-electron chi connectivity index (χ4n) is 3.13. The van der Waals surface area contributed by atoms with E-state index in [1.807, 2.05) is 6.92 Å². The largest absolute Gasteiger partial charge is 0.510 e. The van der Waals surface area contributed by atoms with Crippen molar-refractivity contribution in [2.24, 2.45) is 0 Å². The van der Waals surface area contributed by atoms with E-state index < -0.39 is 18.7 Å². The number of allylic oxidation sites excluding steroid dienone is 1. The minimum absolute atomic E-state index is 0.153. The number of rotatable bonds is 19. The zero-order valence-electron chi connectivity index (χ0n) is 19.5. The number of hydrogen-bond acceptors (Lipinski definition) is 6. The quantitative estimate of drug-likeness (QED) is 0.0808. The molecule has 0 amide bonds. The highest BCUT2D eigenvalue weighted by Gasteiger charge is 2.04. The molecule has 0 fully saturated rings. The molecular weight excluding hydrogens is 384 g/mol. The third-order valence-corrected chi connectivity index (χ3v) is 5.01. The normalized spacial score (nSPS) is 12.2. The molecule has 0 bridgehead atoms. The number of aliphatic hydroxyl groups excluding tert-OH is 3. The molecule has 0 saturated heterocycles. The Labute approximate surface area is 184 Å². The second kappa shape index (κ2) is 25.9. The van der Waals surface area contributed by atoms with Crippen LogP contribution in [0.1, 0.15) is 123 Å². The first-order valence-electron chi connectivity index (χ1n) is 12.1. The summed E-state index contributed by atoms with van der Waals surface area (Å²) in [5, 5.41) is 33.8. The average Bonchev–Trinajstić information content (AvgIpc) is 2.76. The molecule has 0 aromatic carbocycles. The summed E-state index contributed by atoms with van der Waals surface area (Å²) in [6.45, 7) is 3.67. The van der Waals surface area contributed by atoms with E-state index in [2.05, 4.69) is 11.8 Å². The summed E-state index contributed by atoms with van der Waals surface area (Å²) in [6, 6.07) is 0. The number of hydrogen-bond donors (Lipinski definition) is 4. The van der Waals surface area contributed by atoms with Crippen LogP contribution in [0.4, 0.5) is 0 Å². The predicted molar refractivity (Wildman–Crippen MR) is 122 cm³/mol. The van der Waals surface area contributed by atoms with Gasteiger partial charge in [0.05, 0.1) is 6.61 Å². The minimum Gasteiger partial charge on any atom is -0.510 e. The van der Waals surface area contributed by atoms with Crippen molar-refractivity contribution in [3.8, 4) is 0 Å². The molecule has 0 aromatic rings. The predicted octanol–water partition coefficient (Wildman–Crippen LogP) is 6.46. The first-order valence-corrected chi connectivity index (χ1v) is 12.1. The van der Waals surface area contributed by atoms with Crippen molar-refractivity contribution in [3.05, 3.63) is 11.8 Å². The van der Waals surface area contributed by atoms with E-state index in [0.29, 0.717) is 12.8 Å². The van der Waals surface area contributed by atoms with Gasteiger partial charge < -0.3 is 20.2 Å². The zero-order chi connectivity index (χ0) is 22.9. The highest BCUT2D eigenvalue weighted by atomic mass is 17.1. The molecule has 0 aliphatic carbocycles. The molecule has 0 rings (SSSR count). The lowest BCUT2D eigenvalue weighted by atomic mass is 10.0. The summed E-state index contributed by atoms with van der Waals surface area (Å²) in [5.41, 5.74) is 0. The Bertz CT molecular complexity index is 384. The molecule has 0 aliphatic rings. The van der Waals surface area contributed by atoms with E-state index in [1.165, 1.54) is 89.5 Å². The van der Waals surface area contributed by atoms with Crippen molar-refractivity contribution < 1.29 is 30.3 Å². The number of carbonyl (C=O) groups excluding carboxylic acids is 1. The maximum absolute atomic E-state index is 10.7. The Hall–Kier alpha value is -1.11. The van der Waals surface area contributed by atoms with Crippen molar-refractivity contribution in [3.63, 3.8) is 0 Å². The summed E-state index contributed by atoms with van der Waals surface area (Å²) < 4.78 is 0. The third-order valence-electron chi connectivity index (χ3n) is 5.01. The summed E-state index contributed by atoms with van der Waals surface area (Å²) in [6.07, 6.45) is 21.0. The van der Waals surface area contributed by atoms with Crippen LogP contribution in [-0.4, -0.2) is 39.3 Å². The van der Waals surface area contributed by atoms with Crippen LogP contribution >= 0.6 is 0 Å². The van der Waals surface area contributed by atoms with Gasteiger partial charge in [-0.05, 0) is 18.9 Å². The summed E-state index contributed by atoms with van der Waals surface area (Å²) >= 11 is 0. The summed E-state index contributed by atoms with van der Waals surface area (Å²) in [5.74, 6) is -0.662. The van der Waals surface area contributed by atoms with Crippen LogP contribution in [0, 0.1) is 0 Å². The molecule has 0 aliphatic heterocycles. The van der Waals surface area contributed by atoms with Gasteiger partial charge in [-0.25, -0.2) is 4.79 Å². The zero-order valence-corrected chi connectivity index (χ0v) is 19.5. The molecule has 1 unspecified atom stereocenters. The molecule has 0 heterocycles. The lowest BCUT2D eigenvalue weighted by molar-refractivity contribution is -0.234. The van der Waals surface area contributed by atoms with Gasteiger partial charge in [0, 0.05) is 6.42 Å². The van der Waals surface area contributed by atoms with Gasteiger partial charge in [-0.3, -0.25) is 0 Å². The van der Waals surface area contributed by atoms with E-state index in [-0.39, 0.29) is 5.76 Å². The van der Waals surface area contributed by atoms with Gasteiger partial charge in [0.1, 0.15) is 11.9 Å². The number of carbonyl (C=O) groups is 1. The lowest BCUT2D eigenvalue weighted by Gasteiger charge is -2.03. The Morgan fingerprint density at radius 2 is 1.20 bits per heavy atom. The van der Waals surface area contributed by atoms with Gasteiger partial charge in [0.15, 0.2) is 0 Å². The van der Waals surface area contributed by atoms with Crippen molar-refractivity contribution in [1.82, 2.24) is 0 Å². The van der Waals surface area contributed by atoms with Crippen molar-refractivity contribution >= 4 is 5.97 Å². The fraction of sp³-hybridized carbons (Fsp3) is 0.875. The van der Waals surface area contributed by atoms with E-state index in [9.17, 15) is 4.79 Å². The number of unbranched alkanes of at least 4 members (excludes halogenated alkanes) is 14. The second-order valence-electron chi connectivity index (χ2n) is 7.90. The lowest BCUT2D eigenvalue weighted by Crippen LogP contribution is -2.14. The minimum atomic E-state index is -1.11. The van der Waals surface area contributed by atoms with E-state index in [1.54, 1.807) is 0 Å². The molecule has 0 aromatic heterocycles. The molecular formula is C24H48O6. The van der Waals surface area contributed by atoms with Gasteiger partial charge in [0.25, 0.3) is 0 Å². The molecule has 0 spiro atoms. The molecule has 0 saturated carbocycles. The van der Waals surface area contributed by atoms with Crippen LogP contribution in [0.15, 0.2) is 11.8 Å². The smallest absolute Gasteiger partial charge is 0.342 e. The highest BCUT2D eigenvalue weighted by Crippen LogP contribution is 2.13. The summed E-state index contributed by atoms with van der Waals surface area (Å²) in [4.78, 5) is 14.3. The van der Waals surface area contributed by atoms with Crippen LogP contribution in [0.3, 0.4) is 0 Å². The maximum atomic E-state index is 10.7.